The fraction of sp³-hybridized carbons (Fsp3) is 0.188. The molecule has 0 aliphatic heterocycles. The molecule has 0 spiro atoms. The lowest BCUT2D eigenvalue weighted by molar-refractivity contribution is 0.584. The number of halogens is 2. The second kappa shape index (κ2) is 6.78. The molecule has 20 heavy (non-hydrogen) atoms. The Labute approximate surface area is 116 Å². The molecule has 0 heterocycles. The molecule has 0 fully saturated rings. The molecule has 0 aromatic heterocycles. The lowest BCUT2D eigenvalue weighted by Crippen LogP contribution is -2.22. The molecule has 2 aromatic rings. The van der Waals surface area contributed by atoms with Crippen LogP contribution in [0.3, 0.4) is 0 Å². The first-order chi connectivity index (χ1) is 9.70. The van der Waals surface area contributed by atoms with E-state index in [0.717, 1.165) is 0 Å². The first kappa shape index (κ1) is 14.2. The van der Waals surface area contributed by atoms with Crippen LogP contribution in [-0.4, -0.2) is 6.54 Å². The van der Waals surface area contributed by atoms with Crippen molar-refractivity contribution in [3.8, 4) is 6.07 Å². The van der Waals surface area contributed by atoms with Crippen LogP contribution in [0.5, 0.6) is 0 Å². The van der Waals surface area contributed by atoms with E-state index >= 15 is 0 Å². The van der Waals surface area contributed by atoms with Crippen LogP contribution in [0.4, 0.5) is 8.78 Å². The van der Waals surface area contributed by atoms with Gasteiger partial charge in [-0.15, -0.1) is 0 Å². The van der Waals surface area contributed by atoms with Gasteiger partial charge < -0.3 is 0 Å². The van der Waals surface area contributed by atoms with Crippen molar-refractivity contribution in [1.82, 2.24) is 5.32 Å². The maximum Gasteiger partial charge on any atom is 0.126 e. The van der Waals surface area contributed by atoms with Gasteiger partial charge in [-0.25, -0.2) is 8.78 Å². The monoisotopic (exact) mass is 272 g/mol. The van der Waals surface area contributed by atoms with Crippen LogP contribution in [0.2, 0.25) is 0 Å². The quantitative estimate of drug-likeness (QED) is 0.906. The summed E-state index contributed by atoms with van der Waals surface area (Å²) in [6.07, 6.45) is 0.492. The molecule has 0 aliphatic rings. The van der Waals surface area contributed by atoms with Crippen LogP contribution in [-0.2, 0) is 6.42 Å². The summed E-state index contributed by atoms with van der Waals surface area (Å²) in [5, 5.41) is 12.2. The average molecular weight is 272 g/mol. The van der Waals surface area contributed by atoms with Crippen molar-refractivity contribution in [2.24, 2.45) is 0 Å². The molecule has 2 aromatic carbocycles. The van der Waals surface area contributed by atoms with E-state index in [4.69, 9.17) is 5.26 Å². The van der Waals surface area contributed by atoms with E-state index in [1.165, 1.54) is 18.2 Å². The Hall–Kier alpha value is -2.25. The molecule has 0 radical (unpaired) electrons. The summed E-state index contributed by atoms with van der Waals surface area (Å²) in [4.78, 5) is 0. The van der Waals surface area contributed by atoms with E-state index in [1.807, 2.05) is 0 Å². The molecule has 0 saturated carbocycles. The molecule has 0 amide bonds. The van der Waals surface area contributed by atoms with Gasteiger partial charge in [-0.2, -0.15) is 5.26 Å². The van der Waals surface area contributed by atoms with E-state index in [-0.39, 0.29) is 11.6 Å². The van der Waals surface area contributed by atoms with Crippen molar-refractivity contribution in [3.63, 3.8) is 0 Å². The molecule has 0 saturated heterocycles. The van der Waals surface area contributed by atoms with Gasteiger partial charge >= 0.3 is 0 Å². The Balaban J connectivity index is 1.94. The Bertz CT molecular complexity index is 603. The predicted octanol–water partition coefficient (Wildman–Crippen LogP) is 3.36. The van der Waals surface area contributed by atoms with Gasteiger partial charge in [0.15, 0.2) is 0 Å². The zero-order valence-electron chi connectivity index (χ0n) is 10.8. The summed E-state index contributed by atoms with van der Waals surface area (Å²) in [6.45, 7) is 0.469. The van der Waals surface area contributed by atoms with E-state index in [0.29, 0.717) is 24.1 Å². The zero-order valence-corrected chi connectivity index (χ0v) is 10.8. The lowest BCUT2D eigenvalue weighted by Gasteiger charge is -2.12. The number of hydrogen-bond donors (Lipinski definition) is 1. The smallest absolute Gasteiger partial charge is 0.126 e. The molecule has 4 heteroatoms. The molecule has 1 unspecified atom stereocenters. The van der Waals surface area contributed by atoms with Crippen molar-refractivity contribution < 1.29 is 8.78 Å². The van der Waals surface area contributed by atoms with Gasteiger partial charge in [-0.3, -0.25) is 5.32 Å². The van der Waals surface area contributed by atoms with Crippen molar-refractivity contribution >= 4 is 0 Å². The SMILES string of the molecule is N#CC(NCCc1ccccc1F)c1ccc(F)cc1. The highest BCUT2D eigenvalue weighted by Crippen LogP contribution is 2.13. The Morgan fingerprint density at radius 3 is 2.40 bits per heavy atom. The van der Waals surface area contributed by atoms with Gasteiger partial charge in [0, 0.05) is 6.54 Å². The van der Waals surface area contributed by atoms with Crippen molar-refractivity contribution in [2.75, 3.05) is 6.54 Å². The molecule has 1 atom stereocenters. The standard InChI is InChI=1S/C16H14F2N2/c17-14-7-5-13(6-8-14)16(11-19)20-10-9-12-3-1-2-4-15(12)18/h1-8,16,20H,9-10H2. The fourth-order valence-corrected chi connectivity index (χ4v) is 1.95. The van der Waals surface area contributed by atoms with Crippen molar-refractivity contribution in [2.45, 2.75) is 12.5 Å². The molecule has 1 N–H and O–H groups in total. The highest BCUT2D eigenvalue weighted by molar-refractivity contribution is 5.24. The number of nitrogens with zero attached hydrogens (tertiary/aromatic N) is 1. The summed E-state index contributed by atoms with van der Waals surface area (Å²) in [5.41, 5.74) is 1.30. The van der Waals surface area contributed by atoms with Gasteiger partial charge in [0.2, 0.25) is 0 Å². The molecule has 0 aliphatic carbocycles. The number of nitriles is 1. The number of nitrogens with one attached hydrogen (secondary N) is 1. The zero-order chi connectivity index (χ0) is 14.4. The Morgan fingerprint density at radius 2 is 1.75 bits per heavy atom. The summed E-state index contributed by atoms with van der Waals surface area (Å²) < 4.78 is 26.3. The highest BCUT2D eigenvalue weighted by Gasteiger charge is 2.10. The highest BCUT2D eigenvalue weighted by atomic mass is 19.1. The average Bonchev–Trinajstić information content (AvgIpc) is 2.47. The molecular weight excluding hydrogens is 258 g/mol. The lowest BCUT2D eigenvalue weighted by atomic mass is 10.1. The molecule has 2 rings (SSSR count). The molecule has 102 valence electrons. The number of benzene rings is 2. The largest absolute Gasteiger partial charge is 0.298 e. The Kier molecular flexibility index (Phi) is 4.80. The van der Waals surface area contributed by atoms with Crippen LogP contribution in [0.15, 0.2) is 48.5 Å². The molecule has 0 bridgehead atoms. The fourth-order valence-electron chi connectivity index (χ4n) is 1.95. The van der Waals surface area contributed by atoms with Crippen LogP contribution in [0, 0.1) is 23.0 Å². The van der Waals surface area contributed by atoms with Gasteiger partial charge in [0.25, 0.3) is 0 Å². The minimum atomic E-state index is -0.526. The molecular formula is C16H14F2N2. The third-order valence-electron chi connectivity index (χ3n) is 3.03. The maximum absolute atomic E-state index is 13.4. The van der Waals surface area contributed by atoms with E-state index in [2.05, 4.69) is 11.4 Å². The second-order valence-corrected chi connectivity index (χ2v) is 4.41. The van der Waals surface area contributed by atoms with Gasteiger partial charge in [-0.1, -0.05) is 30.3 Å². The van der Waals surface area contributed by atoms with Gasteiger partial charge in [-0.05, 0) is 35.7 Å². The third kappa shape index (κ3) is 3.62. The van der Waals surface area contributed by atoms with E-state index < -0.39 is 6.04 Å². The van der Waals surface area contributed by atoms with Crippen molar-refractivity contribution in [3.05, 3.63) is 71.3 Å². The van der Waals surface area contributed by atoms with E-state index in [9.17, 15) is 8.78 Å². The predicted molar refractivity (Wildman–Crippen MR) is 72.9 cm³/mol. The van der Waals surface area contributed by atoms with Crippen LogP contribution in [0.25, 0.3) is 0 Å². The number of rotatable bonds is 5. The van der Waals surface area contributed by atoms with Crippen molar-refractivity contribution in [1.29, 1.82) is 5.26 Å². The van der Waals surface area contributed by atoms with Gasteiger partial charge in [0.05, 0.1) is 6.07 Å². The summed E-state index contributed by atoms with van der Waals surface area (Å²) in [5.74, 6) is -0.582. The summed E-state index contributed by atoms with van der Waals surface area (Å²) >= 11 is 0. The number of hydrogen-bond acceptors (Lipinski definition) is 2. The summed E-state index contributed by atoms with van der Waals surface area (Å²) in [7, 11) is 0. The van der Waals surface area contributed by atoms with Crippen LogP contribution >= 0.6 is 0 Å². The third-order valence-corrected chi connectivity index (χ3v) is 3.03. The Morgan fingerprint density at radius 1 is 1.05 bits per heavy atom. The maximum atomic E-state index is 13.4. The first-order valence-corrected chi connectivity index (χ1v) is 6.32. The minimum Gasteiger partial charge on any atom is -0.298 e. The summed E-state index contributed by atoms with van der Waals surface area (Å²) in [6, 6.07) is 13.9. The van der Waals surface area contributed by atoms with Gasteiger partial charge in [0.1, 0.15) is 17.7 Å². The van der Waals surface area contributed by atoms with E-state index in [1.54, 1.807) is 30.3 Å². The topological polar surface area (TPSA) is 35.8 Å². The normalized spacial score (nSPS) is 11.8. The van der Waals surface area contributed by atoms with Crippen LogP contribution in [0.1, 0.15) is 17.2 Å². The van der Waals surface area contributed by atoms with Crippen LogP contribution < -0.4 is 5.32 Å². The second-order valence-electron chi connectivity index (χ2n) is 4.41. The molecule has 2 nitrogen and oxygen atoms in total. The first-order valence-electron chi connectivity index (χ1n) is 6.32. The minimum absolute atomic E-state index is 0.246.